The van der Waals surface area contributed by atoms with E-state index in [1.165, 1.54) is 19.6 Å². The van der Waals surface area contributed by atoms with Crippen LogP contribution in [-0.4, -0.2) is 18.3 Å². The van der Waals surface area contributed by atoms with Gasteiger partial charge in [-0.2, -0.15) is 0 Å². The molecular formula is C15H22FNO2. The molecular weight excluding hydrogens is 245 g/mol. The predicted octanol–water partition coefficient (Wildman–Crippen LogP) is 2.78. The molecule has 1 aliphatic carbocycles. The highest BCUT2D eigenvalue weighted by Gasteiger charge is 2.28. The molecule has 1 aromatic rings. The van der Waals surface area contributed by atoms with Gasteiger partial charge in [-0.1, -0.05) is 25.3 Å². The van der Waals surface area contributed by atoms with Crippen molar-refractivity contribution in [1.82, 2.24) is 0 Å². The van der Waals surface area contributed by atoms with Gasteiger partial charge in [0.25, 0.3) is 0 Å². The maximum atomic E-state index is 13.4. The van der Waals surface area contributed by atoms with Crippen molar-refractivity contribution in [3.8, 4) is 5.75 Å². The number of aliphatic hydroxyl groups is 1. The van der Waals surface area contributed by atoms with Crippen LogP contribution >= 0.6 is 0 Å². The van der Waals surface area contributed by atoms with E-state index in [2.05, 4.69) is 0 Å². The second-order valence-electron chi connectivity index (χ2n) is 5.31. The number of nitrogens with two attached hydrogens (primary N) is 1. The smallest absolute Gasteiger partial charge is 0.165 e. The van der Waals surface area contributed by atoms with Gasteiger partial charge in [0.05, 0.1) is 19.3 Å². The van der Waals surface area contributed by atoms with Gasteiger partial charge in [-0.15, -0.1) is 0 Å². The van der Waals surface area contributed by atoms with Crippen molar-refractivity contribution in [2.45, 2.75) is 44.2 Å². The molecule has 0 amide bonds. The summed E-state index contributed by atoms with van der Waals surface area (Å²) < 4.78 is 18.3. The molecule has 19 heavy (non-hydrogen) atoms. The Morgan fingerprint density at radius 2 is 2.00 bits per heavy atom. The van der Waals surface area contributed by atoms with Gasteiger partial charge < -0.3 is 15.6 Å². The third kappa shape index (κ3) is 3.25. The third-order valence-corrected chi connectivity index (χ3v) is 4.06. The van der Waals surface area contributed by atoms with Crippen molar-refractivity contribution in [2.24, 2.45) is 11.7 Å². The zero-order chi connectivity index (χ0) is 13.8. The summed E-state index contributed by atoms with van der Waals surface area (Å²) in [7, 11) is 1.42. The molecule has 4 heteroatoms. The summed E-state index contributed by atoms with van der Waals surface area (Å²) in [5.41, 5.74) is 6.83. The molecule has 0 bridgehead atoms. The lowest BCUT2D eigenvalue weighted by molar-refractivity contribution is 0.0617. The maximum absolute atomic E-state index is 13.4. The minimum Gasteiger partial charge on any atom is -0.494 e. The number of benzene rings is 1. The van der Waals surface area contributed by atoms with Crippen LogP contribution in [0.15, 0.2) is 18.2 Å². The van der Waals surface area contributed by atoms with Gasteiger partial charge >= 0.3 is 0 Å². The molecule has 0 radical (unpaired) electrons. The molecule has 2 atom stereocenters. The van der Waals surface area contributed by atoms with Gasteiger partial charge in [-0.05, 0) is 36.5 Å². The van der Waals surface area contributed by atoms with Crippen LogP contribution < -0.4 is 10.5 Å². The van der Waals surface area contributed by atoms with E-state index >= 15 is 0 Å². The summed E-state index contributed by atoms with van der Waals surface area (Å²) >= 11 is 0. The number of methoxy groups -OCH3 is 1. The monoisotopic (exact) mass is 267 g/mol. The largest absolute Gasteiger partial charge is 0.494 e. The maximum Gasteiger partial charge on any atom is 0.165 e. The van der Waals surface area contributed by atoms with Crippen LogP contribution in [-0.2, 0) is 0 Å². The van der Waals surface area contributed by atoms with Crippen LogP contribution in [0.1, 0.15) is 43.7 Å². The Labute approximate surface area is 113 Å². The second-order valence-corrected chi connectivity index (χ2v) is 5.31. The fraction of sp³-hybridized carbons (Fsp3) is 0.600. The Bertz CT molecular complexity index is 419. The van der Waals surface area contributed by atoms with E-state index in [-0.39, 0.29) is 11.7 Å². The Kier molecular flexibility index (Phi) is 4.77. The number of halogens is 1. The van der Waals surface area contributed by atoms with Crippen molar-refractivity contribution in [1.29, 1.82) is 0 Å². The lowest BCUT2D eigenvalue weighted by Gasteiger charge is -2.30. The average Bonchev–Trinajstić information content (AvgIpc) is 2.47. The number of ether oxygens (including phenoxy) is 1. The molecule has 3 nitrogen and oxygen atoms in total. The molecule has 0 spiro atoms. The van der Waals surface area contributed by atoms with Crippen molar-refractivity contribution in [2.75, 3.05) is 7.11 Å². The first-order valence-electron chi connectivity index (χ1n) is 6.90. The summed E-state index contributed by atoms with van der Waals surface area (Å²) in [5, 5.41) is 10.4. The van der Waals surface area contributed by atoms with Crippen LogP contribution in [0, 0.1) is 11.7 Å². The van der Waals surface area contributed by atoms with Crippen LogP contribution in [0.4, 0.5) is 4.39 Å². The zero-order valence-electron chi connectivity index (χ0n) is 11.3. The molecule has 0 heterocycles. The van der Waals surface area contributed by atoms with E-state index in [0.717, 1.165) is 31.2 Å². The van der Waals surface area contributed by atoms with Crippen molar-refractivity contribution >= 4 is 0 Å². The highest BCUT2D eigenvalue weighted by molar-refractivity contribution is 5.32. The molecule has 0 aliphatic heterocycles. The minimum atomic E-state index is -0.574. The first-order chi connectivity index (χ1) is 9.13. The fourth-order valence-corrected chi connectivity index (χ4v) is 2.85. The van der Waals surface area contributed by atoms with E-state index in [4.69, 9.17) is 10.5 Å². The van der Waals surface area contributed by atoms with E-state index in [1.54, 1.807) is 12.1 Å². The molecule has 106 valence electrons. The van der Waals surface area contributed by atoms with Crippen LogP contribution in [0.3, 0.4) is 0 Å². The van der Waals surface area contributed by atoms with Crippen LogP contribution in [0.2, 0.25) is 0 Å². The first kappa shape index (κ1) is 14.3. The van der Waals surface area contributed by atoms with Gasteiger partial charge in [0.1, 0.15) is 0 Å². The topological polar surface area (TPSA) is 55.5 Å². The van der Waals surface area contributed by atoms with E-state index in [9.17, 15) is 9.50 Å². The Morgan fingerprint density at radius 3 is 2.63 bits per heavy atom. The van der Waals surface area contributed by atoms with Gasteiger partial charge in [-0.3, -0.25) is 0 Å². The lowest BCUT2D eigenvalue weighted by atomic mass is 9.81. The quantitative estimate of drug-likeness (QED) is 0.882. The first-order valence-corrected chi connectivity index (χ1v) is 6.90. The molecule has 0 saturated heterocycles. The van der Waals surface area contributed by atoms with Crippen LogP contribution in [0.25, 0.3) is 0 Å². The lowest BCUT2D eigenvalue weighted by Crippen LogP contribution is -2.34. The molecule has 0 unspecified atom stereocenters. The molecule has 1 aliphatic rings. The van der Waals surface area contributed by atoms with Gasteiger partial charge in [0, 0.05) is 0 Å². The molecule has 1 aromatic carbocycles. The number of hydrogen-bond acceptors (Lipinski definition) is 3. The standard InChI is InChI=1S/C15H22FNO2/c1-19-13-9-11(7-8-12(13)16)14(17)15(18)10-5-3-2-4-6-10/h7-10,14-15,18H,2-6,17H2,1H3/t14-,15+/m0/s1. The highest BCUT2D eigenvalue weighted by atomic mass is 19.1. The van der Waals surface area contributed by atoms with Crippen molar-refractivity contribution in [3.63, 3.8) is 0 Å². The van der Waals surface area contributed by atoms with Gasteiger partial charge in [0.15, 0.2) is 11.6 Å². The van der Waals surface area contributed by atoms with Crippen molar-refractivity contribution < 1.29 is 14.2 Å². The second kappa shape index (κ2) is 6.35. The normalized spacial score (nSPS) is 20.0. The molecule has 1 saturated carbocycles. The van der Waals surface area contributed by atoms with Crippen LogP contribution in [0.5, 0.6) is 5.75 Å². The molecule has 2 rings (SSSR count). The molecule has 0 aromatic heterocycles. The number of aliphatic hydroxyl groups excluding tert-OH is 1. The average molecular weight is 267 g/mol. The van der Waals surface area contributed by atoms with Gasteiger partial charge in [-0.25, -0.2) is 4.39 Å². The SMILES string of the molecule is COc1cc([C@H](N)[C@H](O)C2CCCCC2)ccc1F. The Balaban J connectivity index is 2.11. The van der Waals surface area contributed by atoms with Gasteiger partial charge in [0.2, 0.25) is 0 Å². The van der Waals surface area contributed by atoms with Crippen molar-refractivity contribution in [3.05, 3.63) is 29.6 Å². The number of rotatable bonds is 4. The van der Waals surface area contributed by atoms with E-state index in [1.807, 2.05) is 0 Å². The Hall–Kier alpha value is -1.13. The summed E-state index contributed by atoms with van der Waals surface area (Å²) in [6.07, 6.45) is 5.02. The summed E-state index contributed by atoms with van der Waals surface area (Å²) in [5.74, 6) is 0.00852. The van der Waals surface area contributed by atoms with E-state index in [0.29, 0.717) is 0 Å². The summed E-state index contributed by atoms with van der Waals surface area (Å²) in [6.45, 7) is 0. The summed E-state index contributed by atoms with van der Waals surface area (Å²) in [6, 6.07) is 4.04. The Morgan fingerprint density at radius 1 is 1.32 bits per heavy atom. The predicted molar refractivity (Wildman–Crippen MR) is 72.5 cm³/mol. The minimum absolute atomic E-state index is 0.170. The third-order valence-electron chi connectivity index (χ3n) is 4.06. The zero-order valence-corrected chi connectivity index (χ0v) is 11.3. The molecule has 3 N–H and O–H groups in total. The fourth-order valence-electron chi connectivity index (χ4n) is 2.85. The highest BCUT2D eigenvalue weighted by Crippen LogP contribution is 2.32. The van der Waals surface area contributed by atoms with E-state index < -0.39 is 18.0 Å². The summed E-state index contributed by atoms with van der Waals surface area (Å²) in [4.78, 5) is 0. The number of hydrogen-bond donors (Lipinski definition) is 2. The molecule has 1 fully saturated rings.